The molecule has 1 aliphatic heterocycles. The van der Waals surface area contributed by atoms with Crippen molar-refractivity contribution >= 4 is 62.4 Å². The zero-order chi connectivity index (χ0) is 27.0. The molecular weight excluding hydrogens is 553 g/mol. The van der Waals surface area contributed by atoms with Crippen LogP contribution in [0.5, 0.6) is 0 Å². The molecule has 0 N–H and O–H groups in total. The predicted octanol–water partition coefficient (Wildman–Crippen LogP) is 8.22. The fourth-order valence-electron chi connectivity index (χ4n) is 4.44. The van der Waals surface area contributed by atoms with Gasteiger partial charge >= 0.3 is 0 Å². The van der Waals surface area contributed by atoms with Crippen molar-refractivity contribution in [3.05, 3.63) is 73.9 Å². The van der Waals surface area contributed by atoms with Crippen molar-refractivity contribution in [1.82, 2.24) is 9.97 Å². The summed E-state index contributed by atoms with van der Waals surface area (Å²) < 4.78 is 59.0. The number of hydrogen-bond donors (Lipinski definition) is 0. The molecule has 0 saturated carbocycles. The first-order valence-electron chi connectivity index (χ1n) is 11.3. The van der Waals surface area contributed by atoms with E-state index in [0.717, 1.165) is 37.6 Å². The van der Waals surface area contributed by atoms with Gasteiger partial charge in [-0.1, -0.05) is 34.8 Å². The van der Waals surface area contributed by atoms with Crippen LogP contribution >= 0.6 is 34.8 Å². The summed E-state index contributed by atoms with van der Waals surface area (Å²) in [5, 5.41) is 0.882. The zero-order valence-electron chi connectivity index (χ0n) is 20.1. The third-order valence-electron chi connectivity index (χ3n) is 6.26. The summed E-state index contributed by atoms with van der Waals surface area (Å²) in [6, 6.07) is 4.12. The van der Waals surface area contributed by atoms with Gasteiger partial charge in [0.25, 0.3) is 0 Å². The van der Waals surface area contributed by atoms with Crippen LogP contribution in [0.3, 0.4) is 0 Å². The van der Waals surface area contributed by atoms with E-state index in [1.165, 1.54) is 6.07 Å². The van der Waals surface area contributed by atoms with Crippen LogP contribution in [0.1, 0.15) is 24.0 Å². The summed E-state index contributed by atoms with van der Waals surface area (Å²) >= 11 is 18.0. The Morgan fingerprint density at radius 3 is 1.97 bits per heavy atom. The van der Waals surface area contributed by atoms with E-state index in [4.69, 9.17) is 39.5 Å². The lowest BCUT2D eigenvalue weighted by molar-refractivity contribution is 0.180. The fourth-order valence-corrected chi connectivity index (χ4v) is 5.22. The van der Waals surface area contributed by atoms with Crippen molar-refractivity contribution in [1.29, 1.82) is 0 Å². The molecule has 196 valence electrons. The Kier molecular flexibility index (Phi) is 8.33. The summed E-state index contributed by atoms with van der Waals surface area (Å²) in [5.41, 5.74) is 1.55. The molecular formula is C26H22Cl3F4N3O. The number of rotatable bonds is 3. The number of hydrogen-bond acceptors (Lipinski definition) is 4. The lowest BCUT2D eigenvalue weighted by atomic mass is 10.1. The van der Waals surface area contributed by atoms with E-state index in [9.17, 15) is 17.6 Å². The van der Waals surface area contributed by atoms with E-state index in [0.29, 0.717) is 28.6 Å². The maximum Gasteiger partial charge on any atom is 0.137 e. The van der Waals surface area contributed by atoms with Gasteiger partial charge in [-0.05, 0) is 26.7 Å². The zero-order valence-corrected chi connectivity index (χ0v) is 22.4. The van der Waals surface area contributed by atoms with Gasteiger partial charge in [0.1, 0.15) is 34.2 Å². The monoisotopic (exact) mass is 573 g/mol. The molecule has 1 atom stereocenters. The molecule has 0 spiro atoms. The number of pyridine rings is 2. The van der Waals surface area contributed by atoms with E-state index < -0.39 is 23.3 Å². The minimum Gasteiger partial charge on any atom is -0.383 e. The van der Waals surface area contributed by atoms with Gasteiger partial charge < -0.3 is 9.64 Å². The average molecular weight is 575 g/mol. The molecule has 0 amide bonds. The number of halogens is 7. The van der Waals surface area contributed by atoms with Gasteiger partial charge in [0.2, 0.25) is 0 Å². The van der Waals surface area contributed by atoms with E-state index in [-0.39, 0.29) is 38.0 Å². The summed E-state index contributed by atoms with van der Waals surface area (Å²) in [4.78, 5) is 10.5. The molecule has 0 bridgehead atoms. The van der Waals surface area contributed by atoms with E-state index in [1.807, 2.05) is 6.92 Å². The topological polar surface area (TPSA) is 38.2 Å². The Bertz CT molecular complexity index is 1500. The van der Waals surface area contributed by atoms with Crippen LogP contribution in [0.15, 0.2) is 24.3 Å². The van der Waals surface area contributed by atoms with Crippen LogP contribution in [0.4, 0.5) is 23.4 Å². The fraction of sp³-hybridized carbons (Fsp3) is 0.308. The average Bonchev–Trinajstić information content (AvgIpc) is 3.27. The normalized spacial score (nSPS) is 15.4. The molecule has 0 unspecified atom stereocenters. The van der Waals surface area contributed by atoms with Crippen molar-refractivity contribution in [2.75, 3.05) is 25.2 Å². The smallest absolute Gasteiger partial charge is 0.137 e. The number of anilines is 1. The highest BCUT2D eigenvalue weighted by molar-refractivity contribution is 6.39. The predicted molar refractivity (Wildman–Crippen MR) is 140 cm³/mol. The van der Waals surface area contributed by atoms with Gasteiger partial charge in [-0.15, -0.1) is 0 Å². The molecule has 37 heavy (non-hydrogen) atoms. The largest absolute Gasteiger partial charge is 0.383 e. The van der Waals surface area contributed by atoms with Gasteiger partial charge in [0.05, 0.1) is 44.5 Å². The van der Waals surface area contributed by atoms with E-state index in [2.05, 4.69) is 14.9 Å². The number of methoxy groups -OCH3 is 1. The lowest BCUT2D eigenvalue weighted by Crippen LogP contribution is -2.34. The van der Waals surface area contributed by atoms with Crippen LogP contribution in [-0.2, 0) is 4.74 Å². The molecule has 1 aliphatic rings. The van der Waals surface area contributed by atoms with Gasteiger partial charge in [0.15, 0.2) is 0 Å². The number of aromatic nitrogens is 2. The maximum atomic E-state index is 14.0. The van der Waals surface area contributed by atoms with Crippen LogP contribution in [0, 0.1) is 37.1 Å². The molecule has 3 heterocycles. The first kappa shape index (κ1) is 27.6. The van der Waals surface area contributed by atoms with Crippen LogP contribution in [0.2, 0.25) is 15.2 Å². The molecule has 0 radical (unpaired) electrons. The third-order valence-corrected chi connectivity index (χ3v) is 7.58. The molecule has 2 aromatic heterocycles. The number of nitrogens with zero attached hydrogens (tertiary/aromatic N) is 3. The van der Waals surface area contributed by atoms with Crippen molar-refractivity contribution in [2.45, 2.75) is 32.7 Å². The number of fused-ring (bicyclic) bond motifs is 2. The second kappa shape index (κ2) is 11.2. The van der Waals surface area contributed by atoms with Gasteiger partial charge in [-0.2, -0.15) is 0 Å². The first-order chi connectivity index (χ1) is 17.5. The van der Waals surface area contributed by atoms with Crippen molar-refractivity contribution < 1.29 is 22.3 Å². The van der Waals surface area contributed by atoms with Crippen LogP contribution in [-0.4, -0.2) is 36.3 Å². The highest BCUT2D eigenvalue weighted by Gasteiger charge is 2.28. The molecule has 0 aliphatic carbocycles. The van der Waals surface area contributed by atoms with Crippen molar-refractivity contribution in [2.24, 2.45) is 0 Å². The Balaban J connectivity index is 0.000000186. The molecule has 5 rings (SSSR count). The van der Waals surface area contributed by atoms with Gasteiger partial charge in [-0.25, -0.2) is 27.5 Å². The first-order valence-corrected chi connectivity index (χ1v) is 12.5. The molecule has 4 aromatic rings. The van der Waals surface area contributed by atoms with Gasteiger partial charge in [-0.3, -0.25) is 0 Å². The summed E-state index contributed by atoms with van der Waals surface area (Å²) in [7, 11) is 1.66. The second-order valence-electron chi connectivity index (χ2n) is 8.72. The standard InChI is InChI=1S/C16H17ClF2N2O.C10H5Cl2F2N/c1-9-15(17)14-12(19)6-10(18)7-13(14)20-16(9)21-5-3-4-11(21)8-22-2;1-4-9(11)8-6(14)2-5(13)3-7(8)15-10(4)12/h6-7,11H,3-5,8H2,1-2H3;2-3H,1H3/t11-;/m0./s1. The molecule has 1 saturated heterocycles. The highest BCUT2D eigenvalue weighted by Crippen LogP contribution is 2.37. The van der Waals surface area contributed by atoms with Crippen molar-refractivity contribution in [3.8, 4) is 0 Å². The Morgan fingerprint density at radius 1 is 0.865 bits per heavy atom. The maximum absolute atomic E-state index is 14.0. The number of ether oxygens (including phenoxy) is 1. The Hall–Kier alpha value is -2.39. The Morgan fingerprint density at radius 2 is 1.41 bits per heavy atom. The van der Waals surface area contributed by atoms with Crippen LogP contribution < -0.4 is 4.90 Å². The third kappa shape index (κ3) is 5.43. The molecule has 4 nitrogen and oxygen atoms in total. The lowest BCUT2D eigenvalue weighted by Gasteiger charge is -2.27. The minimum absolute atomic E-state index is 0.0972. The van der Waals surface area contributed by atoms with E-state index >= 15 is 0 Å². The van der Waals surface area contributed by atoms with E-state index in [1.54, 1.807) is 14.0 Å². The summed E-state index contributed by atoms with van der Waals surface area (Å²) in [6.45, 7) is 4.87. The second-order valence-corrected chi connectivity index (χ2v) is 9.84. The SMILES string of the molecule is COC[C@@H]1CCCN1c1nc2cc(F)cc(F)c2c(Cl)c1C.Cc1c(Cl)nc2cc(F)cc(F)c2c1Cl. The minimum atomic E-state index is -0.734. The van der Waals surface area contributed by atoms with Crippen LogP contribution in [0.25, 0.3) is 21.8 Å². The highest BCUT2D eigenvalue weighted by atomic mass is 35.5. The molecule has 1 fully saturated rings. The Labute approximate surface area is 226 Å². The number of benzene rings is 2. The quantitative estimate of drug-likeness (QED) is 0.183. The molecule has 2 aromatic carbocycles. The van der Waals surface area contributed by atoms with Crippen molar-refractivity contribution in [3.63, 3.8) is 0 Å². The summed E-state index contributed by atoms with van der Waals surface area (Å²) in [5.74, 6) is -2.09. The molecule has 11 heteroatoms. The van der Waals surface area contributed by atoms with Gasteiger partial charge in [0, 0.05) is 49.0 Å². The summed E-state index contributed by atoms with van der Waals surface area (Å²) in [6.07, 6.45) is 2.03.